The van der Waals surface area contributed by atoms with Gasteiger partial charge in [0.15, 0.2) is 0 Å². The van der Waals surface area contributed by atoms with Gasteiger partial charge in [0.25, 0.3) is 5.91 Å². The van der Waals surface area contributed by atoms with E-state index in [9.17, 15) is 9.90 Å². The lowest BCUT2D eigenvalue weighted by Crippen LogP contribution is -2.33. The number of carbonyl (C=O) groups excluding carboxylic acids is 1. The predicted octanol–water partition coefficient (Wildman–Crippen LogP) is 3.32. The number of hydrogen-bond acceptors (Lipinski definition) is 2. The molecule has 0 atom stereocenters. The van der Waals surface area contributed by atoms with Gasteiger partial charge in [0.1, 0.15) is 5.75 Å². The van der Waals surface area contributed by atoms with Crippen molar-refractivity contribution < 1.29 is 9.90 Å². The normalized spacial score (nSPS) is 11.3. The summed E-state index contributed by atoms with van der Waals surface area (Å²) in [6, 6.07) is 4.85. The van der Waals surface area contributed by atoms with Crippen LogP contribution in [0.3, 0.4) is 0 Å². The Bertz CT molecular complexity index is 416. The molecule has 1 amide bonds. The van der Waals surface area contributed by atoms with E-state index in [1.54, 1.807) is 12.1 Å². The van der Waals surface area contributed by atoms with Crippen LogP contribution >= 0.6 is 15.9 Å². The second-order valence-electron chi connectivity index (χ2n) is 4.86. The summed E-state index contributed by atoms with van der Waals surface area (Å²) >= 11 is 3.24. The van der Waals surface area contributed by atoms with Crippen molar-refractivity contribution in [2.45, 2.75) is 27.2 Å². The molecule has 3 nitrogen and oxygen atoms in total. The molecule has 0 saturated heterocycles. The molecule has 0 radical (unpaired) electrons. The van der Waals surface area contributed by atoms with Gasteiger partial charge in [-0.05, 0) is 30.0 Å². The van der Waals surface area contributed by atoms with Crippen molar-refractivity contribution >= 4 is 21.8 Å². The van der Waals surface area contributed by atoms with Crippen LogP contribution in [-0.2, 0) is 0 Å². The second-order valence-corrected chi connectivity index (χ2v) is 5.78. The Kier molecular flexibility index (Phi) is 4.57. The average molecular weight is 300 g/mol. The maximum absolute atomic E-state index is 11.9. The fourth-order valence-electron chi connectivity index (χ4n) is 1.24. The third-order valence-corrected chi connectivity index (χ3v) is 3.38. The van der Waals surface area contributed by atoms with E-state index in [1.807, 2.05) is 0 Å². The smallest absolute Gasteiger partial charge is 0.255 e. The number of amides is 1. The molecule has 94 valence electrons. The number of rotatable bonds is 4. The van der Waals surface area contributed by atoms with Crippen LogP contribution in [0.5, 0.6) is 5.75 Å². The largest absolute Gasteiger partial charge is 0.507 e. The highest BCUT2D eigenvalue weighted by atomic mass is 79.9. The molecule has 4 heteroatoms. The standard InChI is InChI=1S/C13H18BrNO2/c1-4-13(2,3)8-15-12(17)10-6-5-9(14)7-11(10)16/h5-7,16H,4,8H2,1-3H3,(H,15,17). The maximum atomic E-state index is 11.9. The molecule has 1 aromatic rings. The highest BCUT2D eigenvalue weighted by Crippen LogP contribution is 2.23. The van der Waals surface area contributed by atoms with Gasteiger partial charge in [-0.15, -0.1) is 0 Å². The van der Waals surface area contributed by atoms with Crippen molar-refractivity contribution in [2.75, 3.05) is 6.54 Å². The Morgan fingerprint density at radius 1 is 1.47 bits per heavy atom. The highest BCUT2D eigenvalue weighted by Gasteiger charge is 2.18. The minimum absolute atomic E-state index is 0.00817. The van der Waals surface area contributed by atoms with Gasteiger partial charge in [-0.1, -0.05) is 36.7 Å². The lowest BCUT2D eigenvalue weighted by molar-refractivity contribution is 0.0933. The van der Waals surface area contributed by atoms with Gasteiger partial charge in [0, 0.05) is 11.0 Å². The summed E-state index contributed by atoms with van der Waals surface area (Å²) in [5, 5.41) is 12.5. The number of carbonyl (C=O) groups is 1. The van der Waals surface area contributed by atoms with Crippen LogP contribution in [0.25, 0.3) is 0 Å². The Morgan fingerprint density at radius 2 is 2.12 bits per heavy atom. The summed E-state index contributed by atoms with van der Waals surface area (Å²) in [6.07, 6.45) is 0.986. The lowest BCUT2D eigenvalue weighted by atomic mass is 9.90. The first-order chi connectivity index (χ1) is 7.85. The summed E-state index contributed by atoms with van der Waals surface area (Å²) in [6.45, 7) is 6.87. The molecule has 0 heterocycles. The van der Waals surface area contributed by atoms with E-state index < -0.39 is 0 Å². The van der Waals surface area contributed by atoms with Crippen LogP contribution in [0.4, 0.5) is 0 Å². The molecule has 1 rings (SSSR count). The number of phenolic OH excluding ortho intramolecular Hbond substituents is 1. The summed E-state index contributed by atoms with van der Waals surface area (Å²) in [5.74, 6) is -0.247. The third kappa shape index (κ3) is 4.04. The van der Waals surface area contributed by atoms with E-state index in [4.69, 9.17) is 0 Å². The maximum Gasteiger partial charge on any atom is 0.255 e. The molecule has 1 aromatic carbocycles. The van der Waals surface area contributed by atoms with Crippen LogP contribution in [0.15, 0.2) is 22.7 Å². The molecule has 0 aliphatic rings. The second kappa shape index (κ2) is 5.54. The zero-order valence-corrected chi connectivity index (χ0v) is 12.0. The van der Waals surface area contributed by atoms with Crippen LogP contribution < -0.4 is 5.32 Å². The SMILES string of the molecule is CCC(C)(C)CNC(=O)c1ccc(Br)cc1O. The minimum Gasteiger partial charge on any atom is -0.507 e. The monoisotopic (exact) mass is 299 g/mol. The molecule has 0 spiro atoms. The van der Waals surface area contributed by atoms with Crippen molar-refractivity contribution in [3.8, 4) is 5.75 Å². The highest BCUT2D eigenvalue weighted by molar-refractivity contribution is 9.10. The number of aromatic hydroxyl groups is 1. The summed E-state index contributed by atoms with van der Waals surface area (Å²) < 4.78 is 0.750. The zero-order chi connectivity index (χ0) is 13.1. The van der Waals surface area contributed by atoms with Gasteiger partial charge in [0.2, 0.25) is 0 Å². The number of hydrogen-bond donors (Lipinski definition) is 2. The van der Waals surface area contributed by atoms with E-state index >= 15 is 0 Å². The molecule has 0 bridgehead atoms. The van der Waals surface area contributed by atoms with E-state index in [1.165, 1.54) is 6.07 Å². The first-order valence-electron chi connectivity index (χ1n) is 5.62. The quantitative estimate of drug-likeness (QED) is 0.896. The summed E-state index contributed by atoms with van der Waals surface area (Å²) in [5.41, 5.74) is 0.376. The van der Waals surface area contributed by atoms with Gasteiger partial charge in [-0.2, -0.15) is 0 Å². The molecular weight excluding hydrogens is 282 g/mol. The molecule has 2 N–H and O–H groups in total. The summed E-state index contributed by atoms with van der Waals surface area (Å²) in [4.78, 5) is 11.9. The number of phenols is 1. The van der Waals surface area contributed by atoms with E-state index in [-0.39, 0.29) is 17.1 Å². The lowest BCUT2D eigenvalue weighted by Gasteiger charge is -2.22. The van der Waals surface area contributed by atoms with E-state index in [0.29, 0.717) is 12.1 Å². The fourth-order valence-corrected chi connectivity index (χ4v) is 1.59. The molecule has 0 aromatic heterocycles. The Hall–Kier alpha value is -1.03. The van der Waals surface area contributed by atoms with Crippen LogP contribution in [0, 0.1) is 5.41 Å². The van der Waals surface area contributed by atoms with Crippen LogP contribution in [0.1, 0.15) is 37.6 Å². The zero-order valence-electron chi connectivity index (χ0n) is 10.4. The Morgan fingerprint density at radius 3 is 2.65 bits per heavy atom. The average Bonchev–Trinajstić information content (AvgIpc) is 2.26. The van der Waals surface area contributed by atoms with Crippen LogP contribution in [-0.4, -0.2) is 17.6 Å². The number of benzene rings is 1. The molecule has 0 fully saturated rings. The van der Waals surface area contributed by atoms with Gasteiger partial charge >= 0.3 is 0 Å². The summed E-state index contributed by atoms with van der Waals surface area (Å²) in [7, 11) is 0. The van der Waals surface area contributed by atoms with Crippen molar-refractivity contribution in [3.63, 3.8) is 0 Å². The molecule has 0 aliphatic heterocycles. The number of nitrogens with one attached hydrogen (secondary N) is 1. The van der Waals surface area contributed by atoms with Gasteiger partial charge in [0.05, 0.1) is 5.56 Å². The Balaban J connectivity index is 2.71. The fraction of sp³-hybridized carbons (Fsp3) is 0.462. The van der Waals surface area contributed by atoms with E-state index in [0.717, 1.165) is 10.9 Å². The van der Waals surface area contributed by atoms with Gasteiger partial charge in [-0.25, -0.2) is 0 Å². The molecule has 0 aliphatic carbocycles. The van der Waals surface area contributed by atoms with Gasteiger partial charge < -0.3 is 10.4 Å². The van der Waals surface area contributed by atoms with Crippen molar-refractivity contribution in [1.82, 2.24) is 5.32 Å². The first kappa shape index (κ1) is 14.0. The Labute approximate surface area is 110 Å². The van der Waals surface area contributed by atoms with E-state index in [2.05, 4.69) is 42.0 Å². The molecular formula is C13H18BrNO2. The van der Waals surface area contributed by atoms with Crippen molar-refractivity contribution in [1.29, 1.82) is 0 Å². The minimum atomic E-state index is -0.239. The number of halogens is 1. The predicted molar refractivity (Wildman–Crippen MR) is 72.2 cm³/mol. The third-order valence-electron chi connectivity index (χ3n) is 2.89. The topological polar surface area (TPSA) is 49.3 Å². The van der Waals surface area contributed by atoms with Crippen molar-refractivity contribution in [3.05, 3.63) is 28.2 Å². The molecule has 0 saturated carbocycles. The molecule has 0 unspecified atom stereocenters. The molecule has 17 heavy (non-hydrogen) atoms. The van der Waals surface area contributed by atoms with Crippen LogP contribution in [0.2, 0.25) is 0 Å². The first-order valence-corrected chi connectivity index (χ1v) is 6.42. The van der Waals surface area contributed by atoms with Crippen molar-refractivity contribution in [2.24, 2.45) is 5.41 Å². The van der Waals surface area contributed by atoms with Gasteiger partial charge in [-0.3, -0.25) is 4.79 Å².